The molecule has 2 aliphatic rings. The molecule has 150 valence electrons. The predicted octanol–water partition coefficient (Wildman–Crippen LogP) is 4.86. The molecule has 0 spiro atoms. The third-order valence-electron chi connectivity index (χ3n) is 6.96. The van der Waals surface area contributed by atoms with Gasteiger partial charge >= 0.3 is 5.97 Å². The molecule has 2 fully saturated rings. The zero-order valence-corrected chi connectivity index (χ0v) is 18.6. The molecule has 0 bridgehead atoms. The van der Waals surface area contributed by atoms with E-state index in [2.05, 4.69) is 38.8 Å². The quantitative estimate of drug-likeness (QED) is 0.514. The Balaban J connectivity index is 1.59. The van der Waals surface area contributed by atoms with Crippen LogP contribution in [0.2, 0.25) is 18.1 Å². The van der Waals surface area contributed by atoms with Gasteiger partial charge in [-0.2, -0.15) is 0 Å². The van der Waals surface area contributed by atoms with Gasteiger partial charge in [0.15, 0.2) is 8.32 Å². The number of ether oxygens (including phenoxy) is 1. The van der Waals surface area contributed by atoms with Crippen LogP contribution in [0.5, 0.6) is 0 Å². The van der Waals surface area contributed by atoms with E-state index >= 15 is 0 Å². The van der Waals surface area contributed by atoms with Gasteiger partial charge in [-0.05, 0) is 62.5 Å². The molecule has 2 aliphatic heterocycles. The molecule has 2 heterocycles. The van der Waals surface area contributed by atoms with Crippen LogP contribution >= 0.6 is 0 Å². The molecular formula is C22H35NO3Si. The van der Waals surface area contributed by atoms with E-state index in [1.54, 1.807) is 0 Å². The van der Waals surface area contributed by atoms with E-state index in [1.807, 2.05) is 30.3 Å². The molecule has 0 amide bonds. The van der Waals surface area contributed by atoms with Crippen molar-refractivity contribution in [1.82, 2.24) is 4.90 Å². The first-order chi connectivity index (χ1) is 12.6. The maximum atomic E-state index is 12.4. The summed E-state index contributed by atoms with van der Waals surface area (Å²) in [5, 5.41) is 0.235. The van der Waals surface area contributed by atoms with Gasteiger partial charge < -0.3 is 9.16 Å². The Kier molecular flexibility index (Phi) is 5.85. The molecule has 1 aromatic carbocycles. The van der Waals surface area contributed by atoms with E-state index in [4.69, 9.17) is 9.16 Å². The molecule has 0 N–H and O–H groups in total. The highest BCUT2D eigenvalue weighted by atomic mass is 28.4. The second-order valence-electron chi connectivity index (χ2n) is 9.73. The second kappa shape index (κ2) is 7.68. The summed E-state index contributed by atoms with van der Waals surface area (Å²) in [5.74, 6) is -0.210. The Hall–Kier alpha value is -1.17. The van der Waals surface area contributed by atoms with Crippen molar-refractivity contribution in [3.8, 4) is 0 Å². The summed E-state index contributed by atoms with van der Waals surface area (Å²) in [6, 6.07) is 9.75. The van der Waals surface area contributed by atoms with E-state index < -0.39 is 8.32 Å². The maximum absolute atomic E-state index is 12.4. The zero-order chi connectivity index (χ0) is 19.7. The number of nitrogens with zero attached hydrogens (tertiary/aromatic N) is 1. The number of esters is 1. The molecule has 1 aromatic rings. The first kappa shape index (κ1) is 20.6. The second-order valence-corrected chi connectivity index (χ2v) is 14.5. The zero-order valence-electron chi connectivity index (χ0n) is 17.6. The minimum absolute atomic E-state index is 0.0197. The summed E-state index contributed by atoms with van der Waals surface area (Å²) in [6.07, 6.45) is 4.53. The lowest BCUT2D eigenvalue weighted by Gasteiger charge is -2.39. The lowest BCUT2D eigenvalue weighted by atomic mass is 9.95. The average molecular weight is 390 g/mol. The van der Waals surface area contributed by atoms with Crippen molar-refractivity contribution < 1.29 is 14.0 Å². The number of carbonyl (C=O) groups is 1. The van der Waals surface area contributed by atoms with Crippen molar-refractivity contribution in [2.75, 3.05) is 19.8 Å². The summed E-state index contributed by atoms with van der Waals surface area (Å²) >= 11 is 0. The molecule has 2 saturated heterocycles. The highest BCUT2D eigenvalue weighted by Crippen LogP contribution is 2.44. The predicted molar refractivity (Wildman–Crippen MR) is 112 cm³/mol. The Bertz CT molecular complexity index is 655. The van der Waals surface area contributed by atoms with Crippen molar-refractivity contribution >= 4 is 14.3 Å². The fraction of sp³-hybridized carbons (Fsp3) is 0.682. The van der Waals surface area contributed by atoms with Gasteiger partial charge in [-0.3, -0.25) is 4.90 Å². The van der Waals surface area contributed by atoms with Gasteiger partial charge in [0.05, 0.1) is 11.1 Å². The molecule has 0 aromatic heterocycles. The molecule has 5 heteroatoms. The molecule has 0 radical (unpaired) electrons. The van der Waals surface area contributed by atoms with Crippen molar-refractivity contribution in [3.05, 3.63) is 35.9 Å². The summed E-state index contributed by atoms with van der Waals surface area (Å²) in [5.41, 5.74) is 0.653. The Morgan fingerprint density at radius 3 is 2.59 bits per heavy atom. The van der Waals surface area contributed by atoms with Gasteiger partial charge in [0, 0.05) is 12.6 Å². The van der Waals surface area contributed by atoms with Crippen LogP contribution in [-0.4, -0.2) is 50.5 Å². The Morgan fingerprint density at radius 2 is 1.93 bits per heavy atom. The first-order valence-corrected chi connectivity index (χ1v) is 13.2. The fourth-order valence-corrected chi connectivity index (χ4v) is 5.21. The minimum atomic E-state index is -1.73. The van der Waals surface area contributed by atoms with Crippen LogP contribution in [0, 0.1) is 0 Å². The van der Waals surface area contributed by atoms with Crippen molar-refractivity contribution in [3.63, 3.8) is 0 Å². The lowest BCUT2D eigenvalue weighted by molar-refractivity contribution is 0.0159. The highest BCUT2D eigenvalue weighted by Gasteiger charge is 2.50. The van der Waals surface area contributed by atoms with E-state index in [0.29, 0.717) is 18.2 Å². The van der Waals surface area contributed by atoms with Gasteiger partial charge in [-0.25, -0.2) is 4.79 Å². The van der Waals surface area contributed by atoms with E-state index in [-0.39, 0.29) is 16.5 Å². The van der Waals surface area contributed by atoms with Crippen molar-refractivity contribution in [1.29, 1.82) is 0 Å². The van der Waals surface area contributed by atoms with Crippen LogP contribution in [-0.2, 0) is 9.16 Å². The first-order valence-electron chi connectivity index (χ1n) is 10.3. The van der Waals surface area contributed by atoms with Crippen molar-refractivity contribution in [2.24, 2.45) is 0 Å². The number of fused-ring (bicyclic) bond motifs is 1. The monoisotopic (exact) mass is 389 g/mol. The summed E-state index contributed by atoms with van der Waals surface area (Å²) in [7, 11) is -1.73. The third-order valence-corrected chi connectivity index (χ3v) is 11.5. The van der Waals surface area contributed by atoms with Crippen LogP contribution in [0.1, 0.15) is 56.8 Å². The molecule has 0 saturated carbocycles. The molecule has 0 aliphatic carbocycles. The third kappa shape index (κ3) is 4.30. The number of hydrogen-bond donors (Lipinski definition) is 0. The van der Waals surface area contributed by atoms with Crippen LogP contribution in [0.3, 0.4) is 0 Å². The average Bonchev–Trinajstić information content (AvgIpc) is 3.17. The maximum Gasteiger partial charge on any atom is 0.338 e. The molecular weight excluding hydrogens is 354 g/mol. The Labute approximate surface area is 165 Å². The highest BCUT2D eigenvalue weighted by molar-refractivity contribution is 6.74. The molecule has 27 heavy (non-hydrogen) atoms. The Morgan fingerprint density at radius 1 is 1.22 bits per heavy atom. The molecule has 3 rings (SSSR count). The van der Waals surface area contributed by atoms with Gasteiger partial charge in [0.2, 0.25) is 0 Å². The van der Waals surface area contributed by atoms with Crippen LogP contribution < -0.4 is 0 Å². The summed E-state index contributed by atoms with van der Waals surface area (Å²) in [4.78, 5) is 15.0. The smallest absolute Gasteiger partial charge is 0.338 e. The van der Waals surface area contributed by atoms with Crippen LogP contribution in [0.25, 0.3) is 0 Å². The number of benzene rings is 1. The standard InChI is InChI=1S/C22H35NO3Si/c1-21(2,3)27(4,5)26-16-19-12-14-22(13-9-15-23(19)22)17-25-20(24)18-10-7-6-8-11-18/h6-8,10-11,19H,9,12-17H2,1-5H3/t19-,22-/m1/s1. The number of carbonyl (C=O) groups excluding carboxylic acids is 1. The largest absolute Gasteiger partial charge is 0.460 e. The van der Waals surface area contributed by atoms with Gasteiger partial charge in [-0.1, -0.05) is 39.0 Å². The van der Waals surface area contributed by atoms with Crippen molar-refractivity contribution in [2.45, 2.75) is 76.2 Å². The normalized spacial score (nSPS) is 26.2. The SMILES string of the molecule is CC(C)(C)[Si](C)(C)OC[C@H]1CC[C@@]2(COC(=O)c3ccccc3)CCCN12. The van der Waals surface area contributed by atoms with Gasteiger partial charge in [0.1, 0.15) is 6.61 Å². The molecule has 2 atom stereocenters. The van der Waals surface area contributed by atoms with Gasteiger partial charge in [0.25, 0.3) is 0 Å². The van der Waals surface area contributed by atoms with E-state index in [9.17, 15) is 4.79 Å². The minimum Gasteiger partial charge on any atom is -0.460 e. The van der Waals surface area contributed by atoms with E-state index in [1.165, 1.54) is 6.42 Å². The number of rotatable bonds is 6. The topological polar surface area (TPSA) is 38.8 Å². The van der Waals surface area contributed by atoms with Gasteiger partial charge in [-0.15, -0.1) is 0 Å². The van der Waals surface area contributed by atoms with Crippen LogP contribution in [0.4, 0.5) is 0 Å². The fourth-order valence-electron chi connectivity index (χ4n) is 4.17. The number of hydrogen-bond acceptors (Lipinski definition) is 4. The van der Waals surface area contributed by atoms with E-state index in [0.717, 1.165) is 32.4 Å². The molecule has 0 unspecified atom stereocenters. The lowest BCUT2D eigenvalue weighted by Crippen LogP contribution is -2.49. The molecule has 4 nitrogen and oxygen atoms in total. The summed E-state index contributed by atoms with van der Waals surface area (Å²) < 4.78 is 12.3. The summed E-state index contributed by atoms with van der Waals surface area (Å²) in [6.45, 7) is 13.9. The van der Waals surface area contributed by atoms with Crippen LogP contribution in [0.15, 0.2) is 30.3 Å².